The van der Waals surface area contributed by atoms with Gasteiger partial charge in [-0.15, -0.1) is 0 Å². The monoisotopic (exact) mass is 366 g/mol. The molecule has 2 nitrogen and oxygen atoms in total. The molecule has 0 unspecified atom stereocenters. The Hall–Kier alpha value is -0.775. The van der Waals surface area contributed by atoms with E-state index >= 15 is 0 Å². The van der Waals surface area contributed by atoms with E-state index in [-0.39, 0.29) is 0 Å². The average Bonchev–Trinajstić information content (AvgIpc) is 2.39. The van der Waals surface area contributed by atoms with E-state index in [1.807, 2.05) is 55.4 Å². The Labute approximate surface area is 124 Å². The zero-order valence-electron chi connectivity index (χ0n) is 9.81. The predicted octanol–water partition coefficient (Wildman–Crippen LogP) is 4.95. The van der Waals surface area contributed by atoms with Crippen LogP contribution in [0.4, 0.5) is 11.4 Å². The lowest BCUT2D eigenvalue weighted by atomic mass is 10.1. The van der Waals surface area contributed by atoms with E-state index in [2.05, 4.69) is 31.9 Å². The van der Waals surface area contributed by atoms with Crippen molar-refractivity contribution in [1.82, 2.24) is 0 Å². The van der Waals surface area contributed by atoms with Crippen molar-refractivity contribution in [3.63, 3.8) is 0 Å². The molecular weight excluding hydrogens is 357 g/mol. The summed E-state index contributed by atoms with van der Waals surface area (Å²) in [6.07, 6.45) is 0. The lowest BCUT2D eigenvalue weighted by Gasteiger charge is -2.24. The first-order valence-corrected chi connectivity index (χ1v) is 7.05. The molecule has 0 aliphatic heterocycles. The first-order valence-electron chi connectivity index (χ1n) is 5.46. The van der Waals surface area contributed by atoms with Gasteiger partial charge in [-0.1, -0.05) is 38.7 Å². The molecule has 18 heavy (non-hydrogen) atoms. The maximum absolute atomic E-state index is 5.57. The number of hydrogen-bond donors (Lipinski definition) is 0. The molecule has 5 heteroatoms. The predicted molar refractivity (Wildman–Crippen MR) is 83.1 cm³/mol. The molecule has 0 spiro atoms. The third kappa shape index (κ3) is 3.37. The van der Waals surface area contributed by atoms with E-state index in [9.17, 15) is 0 Å². The van der Waals surface area contributed by atoms with Gasteiger partial charge in [0.05, 0.1) is 11.4 Å². The smallest absolute Gasteiger partial charge is 0.331 e. The quantitative estimate of drug-likeness (QED) is 0.560. The topological polar surface area (TPSA) is 12.5 Å². The standard InChI is InChI=1S/C13H11BBr2NO/c1-14-18-17(12-6-2-10(15)3-7-12)13-8-4-11(16)5-9-13/h2-9H,1H3. The van der Waals surface area contributed by atoms with Crippen molar-refractivity contribution in [2.24, 2.45) is 0 Å². The highest BCUT2D eigenvalue weighted by molar-refractivity contribution is 9.10. The summed E-state index contributed by atoms with van der Waals surface area (Å²) in [6, 6.07) is 15.9. The minimum absolute atomic E-state index is 0.971. The zero-order chi connectivity index (χ0) is 13.0. The number of halogens is 2. The molecule has 0 aliphatic rings. The number of anilines is 2. The van der Waals surface area contributed by atoms with E-state index in [1.54, 1.807) is 12.5 Å². The van der Waals surface area contributed by atoms with Crippen LogP contribution < -0.4 is 5.06 Å². The maximum Gasteiger partial charge on any atom is 0.331 e. The lowest BCUT2D eigenvalue weighted by molar-refractivity contribution is 0.346. The van der Waals surface area contributed by atoms with Gasteiger partial charge in [0.1, 0.15) is 0 Å². The molecule has 0 saturated heterocycles. The summed E-state index contributed by atoms with van der Waals surface area (Å²) in [6.45, 7) is 1.85. The molecule has 0 heterocycles. The molecule has 0 bridgehead atoms. The van der Waals surface area contributed by atoms with Gasteiger partial charge in [0, 0.05) is 8.95 Å². The first kappa shape index (κ1) is 13.7. The van der Waals surface area contributed by atoms with E-state index < -0.39 is 0 Å². The Bertz CT molecular complexity index is 456. The van der Waals surface area contributed by atoms with Crippen molar-refractivity contribution in [2.45, 2.75) is 6.82 Å². The average molecular weight is 368 g/mol. The van der Waals surface area contributed by atoms with Gasteiger partial charge in [-0.25, -0.2) is 5.06 Å². The minimum atomic E-state index is 0.971. The Morgan fingerprint density at radius 2 is 1.22 bits per heavy atom. The van der Waals surface area contributed by atoms with Gasteiger partial charge in [-0.2, -0.15) is 0 Å². The van der Waals surface area contributed by atoms with Gasteiger partial charge in [0.2, 0.25) is 0 Å². The summed E-state index contributed by atoms with van der Waals surface area (Å²) in [5.74, 6) is 0. The summed E-state index contributed by atoms with van der Waals surface area (Å²) in [5.41, 5.74) is 1.94. The highest BCUT2D eigenvalue weighted by atomic mass is 79.9. The van der Waals surface area contributed by atoms with Gasteiger partial charge in [-0.3, -0.25) is 0 Å². The van der Waals surface area contributed by atoms with Crippen LogP contribution >= 0.6 is 31.9 Å². The SMILES string of the molecule is C[B]ON(c1ccc(Br)cc1)c1ccc(Br)cc1. The summed E-state index contributed by atoms with van der Waals surface area (Å²) >= 11 is 6.85. The van der Waals surface area contributed by atoms with E-state index in [1.165, 1.54) is 0 Å². The molecule has 0 fully saturated rings. The van der Waals surface area contributed by atoms with Crippen LogP contribution in [0.25, 0.3) is 0 Å². The van der Waals surface area contributed by atoms with Crippen LogP contribution in [0, 0.1) is 0 Å². The molecule has 2 aromatic carbocycles. The molecule has 0 aromatic heterocycles. The molecular formula is C13H11BBr2NO. The molecule has 0 N–H and O–H groups in total. The van der Waals surface area contributed by atoms with Crippen molar-refractivity contribution in [1.29, 1.82) is 0 Å². The number of hydrogen-bond acceptors (Lipinski definition) is 2. The van der Waals surface area contributed by atoms with E-state index in [0.29, 0.717) is 0 Å². The van der Waals surface area contributed by atoms with Crippen LogP contribution in [0.3, 0.4) is 0 Å². The van der Waals surface area contributed by atoms with Crippen molar-refractivity contribution in [3.05, 3.63) is 57.5 Å². The van der Waals surface area contributed by atoms with Crippen molar-refractivity contribution < 1.29 is 4.76 Å². The molecule has 91 valence electrons. The van der Waals surface area contributed by atoms with Gasteiger partial charge < -0.3 is 4.76 Å². The third-order valence-electron chi connectivity index (χ3n) is 2.33. The maximum atomic E-state index is 5.57. The molecule has 2 aromatic rings. The Balaban J connectivity index is 2.33. The van der Waals surface area contributed by atoms with Crippen LogP contribution in [0.2, 0.25) is 6.82 Å². The number of rotatable bonds is 4. The van der Waals surface area contributed by atoms with Gasteiger partial charge in [0.15, 0.2) is 0 Å². The highest BCUT2D eigenvalue weighted by Crippen LogP contribution is 2.27. The molecule has 0 amide bonds. The van der Waals surface area contributed by atoms with Crippen LogP contribution in [-0.2, 0) is 4.76 Å². The molecule has 0 saturated carbocycles. The fourth-order valence-electron chi connectivity index (χ4n) is 1.53. The second-order valence-electron chi connectivity index (χ2n) is 3.59. The van der Waals surface area contributed by atoms with E-state index in [4.69, 9.17) is 4.76 Å². The van der Waals surface area contributed by atoms with Crippen LogP contribution in [0.5, 0.6) is 0 Å². The fraction of sp³-hybridized carbons (Fsp3) is 0.0769. The minimum Gasteiger partial charge on any atom is -0.340 e. The number of nitrogens with zero attached hydrogens (tertiary/aromatic N) is 1. The first-order chi connectivity index (χ1) is 8.70. The van der Waals surface area contributed by atoms with Gasteiger partial charge >= 0.3 is 7.48 Å². The van der Waals surface area contributed by atoms with Gasteiger partial charge in [0.25, 0.3) is 0 Å². The summed E-state index contributed by atoms with van der Waals surface area (Å²) in [4.78, 5) is 0. The fourth-order valence-corrected chi connectivity index (χ4v) is 2.06. The second kappa shape index (κ2) is 6.41. The zero-order valence-corrected chi connectivity index (χ0v) is 13.0. The van der Waals surface area contributed by atoms with Crippen LogP contribution in [0.1, 0.15) is 0 Å². The second-order valence-corrected chi connectivity index (χ2v) is 5.42. The summed E-state index contributed by atoms with van der Waals surface area (Å²) < 4.78 is 7.66. The van der Waals surface area contributed by atoms with Crippen LogP contribution in [0.15, 0.2) is 57.5 Å². The molecule has 1 radical (unpaired) electrons. The molecule has 2 rings (SSSR count). The Morgan fingerprint density at radius 1 is 0.833 bits per heavy atom. The number of benzene rings is 2. The third-order valence-corrected chi connectivity index (χ3v) is 3.39. The largest absolute Gasteiger partial charge is 0.340 e. The van der Waals surface area contributed by atoms with Gasteiger partial charge in [-0.05, 0) is 48.5 Å². The Morgan fingerprint density at radius 3 is 1.56 bits per heavy atom. The highest BCUT2D eigenvalue weighted by Gasteiger charge is 2.09. The normalized spacial score (nSPS) is 10.2. The van der Waals surface area contributed by atoms with Crippen molar-refractivity contribution in [3.8, 4) is 0 Å². The summed E-state index contributed by atoms with van der Waals surface area (Å²) in [5, 5.41) is 1.78. The summed E-state index contributed by atoms with van der Waals surface area (Å²) in [7, 11) is 1.66. The molecule has 0 aliphatic carbocycles. The van der Waals surface area contributed by atoms with E-state index in [0.717, 1.165) is 20.3 Å². The lowest BCUT2D eigenvalue weighted by Crippen LogP contribution is -2.18. The Kier molecular flexibility index (Phi) is 4.86. The molecule has 0 atom stereocenters. The van der Waals surface area contributed by atoms with Crippen molar-refractivity contribution >= 4 is 50.7 Å². The van der Waals surface area contributed by atoms with Crippen LogP contribution in [-0.4, -0.2) is 7.48 Å². The van der Waals surface area contributed by atoms with Crippen molar-refractivity contribution in [2.75, 3.05) is 5.06 Å².